The minimum Gasteiger partial charge on any atom is -0.491 e. The Morgan fingerprint density at radius 3 is 2.68 bits per heavy atom. The fourth-order valence-electron chi connectivity index (χ4n) is 3.82. The van der Waals surface area contributed by atoms with Crippen molar-refractivity contribution < 1.29 is 18.7 Å². The zero-order valence-corrected chi connectivity index (χ0v) is 19.3. The number of hydrogen-bond acceptors (Lipinski definition) is 4. The van der Waals surface area contributed by atoms with Gasteiger partial charge in [-0.3, -0.25) is 9.59 Å². The standard InChI is InChI=1S/C24H31FN2O3S/c1-4-17(3)14-26(23(28)5-2)15-24(29)27-12-10-22-20(11-13-31-22)21(27)16-30-19-8-6-18(25)7-9-19/h6-9,11,13,17,21H,4-5,10,12,14-16H2,1-3H3/t17-,21+/m1/s1. The molecule has 7 heteroatoms. The molecule has 0 saturated carbocycles. The SMILES string of the molecule is CCC(=O)N(CC(=O)N1CCc2sccc2[C@@H]1COc1ccc(F)cc1)C[C@H](C)CC. The van der Waals surface area contributed by atoms with Crippen LogP contribution in [-0.2, 0) is 16.0 Å². The van der Waals surface area contributed by atoms with Crippen molar-refractivity contribution in [3.8, 4) is 5.75 Å². The van der Waals surface area contributed by atoms with E-state index in [1.54, 1.807) is 28.4 Å². The average Bonchev–Trinajstić information content (AvgIpc) is 3.26. The Kier molecular flexibility index (Phi) is 8.07. The van der Waals surface area contributed by atoms with Gasteiger partial charge in [-0.15, -0.1) is 11.3 Å². The number of fused-ring (bicyclic) bond motifs is 1. The number of benzene rings is 1. The Bertz CT molecular complexity index is 883. The average molecular weight is 447 g/mol. The molecule has 0 aliphatic carbocycles. The number of halogens is 1. The van der Waals surface area contributed by atoms with E-state index < -0.39 is 0 Å². The van der Waals surface area contributed by atoms with Crippen molar-refractivity contribution in [3.63, 3.8) is 0 Å². The summed E-state index contributed by atoms with van der Waals surface area (Å²) in [6, 6.07) is 7.72. The van der Waals surface area contributed by atoms with Crippen LogP contribution in [0, 0.1) is 11.7 Å². The molecule has 0 unspecified atom stereocenters. The lowest BCUT2D eigenvalue weighted by molar-refractivity contribution is -0.143. The summed E-state index contributed by atoms with van der Waals surface area (Å²) in [5, 5.41) is 2.04. The molecule has 0 bridgehead atoms. The molecule has 2 aromatic rings. The van der Waals surface area contributed by atoms with Gasteiger partial charge >= 0.3 is 0 Å². The molecular formula is C24H31FN2O3S. The summed E-state index contributed by atoms with van der Waals surface area (Å²) in [6.07, 6.45) is 2.15. The summed E-state index contributed by atoms with van der Waals surface area (Å²) in [5.41, 5.74) is 1.10. The molecule has 5 nitrogen and oxygen atoms in total. The lowest BCUT2D eigenvalue weighted by atomic mass is 10.00. The van der Waals surface area contributed by atoms with Gasteiger partial charge in [-0.05, 0) is 53.6 Å². The molecule has 1 aliphatic rings. The first kappa shape index (κ1) is 23.3. The Morgan fingerprint density at radius 1 is 1.26 bits per heavy atom. The quantitative estimate of drug-likeness (QED) is 0.562. The fourth-order valence-corrected chi connectivity index (χ4v) is 4.75. The smallest absolute Gasteiger partial charge is 0.242 e. The first-order valence-corrected chi connectivity index (χ1v) is 11.8. The highest BCUT2D eigenvalue weighted by Crippen LogP contribution is 2.34. The molecule has 3 rings (SSSR count). The van der Waals surface area contributed by atoms with Crippen molar-refractivity contribution in [1.29, 1.82) is 0 Å². The minimum atomic E-state index is -0.316. The van der Waals surface area contributed by atoms with E-state index in [-0.39, 0.29) is 36.8 Å². The van der Waals surface area contributed by atoms with Gasteiger partial charge in [0.2, 0.25) is 11.8 Å². The van der Waals surface area contributed by atoms with E-state index in [4.69, 9.17) is 4.74 Å². The maximum Gasteiger partial charge on any atom is 0.242 e. The number of thiophene rings is 1. The highest BCUT2D eigenvalue weighted by atomic mass is 32.1. The third-order valence-corrected chi connectivity index (χ3v) is 6.84. The first-order chi connectivity index (χ1) is 14.9. The summed E-state index contributed by atoms with van der Waals surface area (Å²) < 4.78 is 19.1. The van der Waals surface area contributed by atoms with Crippen molar-refractivity contribution in [2.45, 2.75) is 46.1 Å². The van der Waals surface area contributed by atoms with E-state index in [2.05, 4.69) is 13.8 Å². The number of nitrogens with zero attached hydrogens (tertiary/aromatic N) is 2. The summed E-state index contributed by atoms with van der Waals surface area (Å²) in [5.74, 6) is 0.529. The molecule has 168 valence electrons. The van der Waals surface area contributed by atoms with Crippen LogP contribution in [0.5, 0.6) is 5.75 Å². The number of ether oxygens (including phenoxy) is 1. The van der Waals surface area contributed by atoms with Gasteiger partial charge < -0.3 is 14.5 Å². The lowest BCUT2D eigenvalue weighted by Crippen LogP contribution is -2.48. The second-order valence-corrected chi connectivity index (χ2v) is 9.06. The Balaban J connectivity index is 1.75. The Labute approximate surface area is 187 Å². The molecule has 0 saturated heterocycles. The monoisotopic (exact) mass is 446 g/mol. The van der Waals surface area contributed by atoms with E-state index in [1.165, 1.54) is 17.0 Å². The molecule has 1 aromatic carbocycles. The van der Waals surface area contributed by atoms with E-state index in [9.17, 15) is 14.0 Å². The van der Waals surface area contributed by atoms with Crippen molar-refractivity contribution in [2.75, 3.05) is 26.2 Å². The van der Waals surface area contributed by atoms with Gasteiger partial charge in [0.05, 0.1) is 12.6 Å². The van der Waals surface area contributed by atoms with E-state index >= 15 is 0 Å². The second-order valence-electron chi connectivity index (χ2n) is 8.06. The van der Waals surface area contributed by atoms with Crippen molar-refractivity contribution in [2.24, 2.45) is 5.92 Å². The van der Waals surface area contributed by atoms with Crippen LogP contribution in [0.3, 0.4) is 0 Å². The van der Waals surface area contributed by atoms with Crippen LogP contribution in [0.25, 0.3) is 0 Å². The maximum atomic E-state index is 13.3. The predicted molar refractivity (Wildman–Crippen MR) is 121 cm³/mol. The van der Waals surface area contributed by atoms with Crippen LogP contribution < -0.4 is 4.74 Å². The van der Waals surface area contributed by atoms with Crippen molar-refractivity contribution >= 4 is 23.2 Å². The molecule has 0 radical (unpaired) electrons. The van der Waals surface area contributed by atoms with Gasteiger partial charge in [-0.2, -0.15) is 0 Å². The molecule has 0 N–H and O–H groups in total. The molecule has 31 heavy (non-hydrogen) atoms. The lowest BCUT2D eigenvalue weighted by Gasteiger charge is -2.37. The number of amides is 2. The van der Waals surface area contributed by atoms with Crippen LogP contribution in [0.1, 0.15) is 50.1 Å². The van der Waals surface area contributed by atoms with Gasteiger partial charge in [0.15, 0.2) is 0 Å². The fraction of sp³-hybridized carbons (Fsp3) is 0.500. The Morgan fingerprint density at radius 2 is 2.00 bits per heavy atom. The van der Waals surface area contributed by atoms with Gasteiger partial charge in [0, 0.05) is 24.4 Å². The predicted octanol–water partition coefficient (Wildman–Crippen LogP) is 4.68. The largest absolute Gasteiger partial charge is 0.491 e. The van der Waals surface area contributed by atoms with Crippen molar-refractivity contribution in [3.05, 3.63) is 52.0 Å². The van der Waals surface area contributed by atoms with Crippen LogP contribution in [0.4, 0.5) is 4.39 Å². The number of carbonyl (C=O) groups is 2. The second kappa shape index (κ2) is 10.8. The van der Waals surface area contributed by atoms with E-state index in [0.717, 1.165) is 18.4 Å². The number of rotatable bonds is 9. The zero-order valence-electron chi connectivity index (χ0n) is 18.5. The summed E-state index contributed by atoms with van der Waals surface area (Å²) in [6.45, 7) is 7.57. The van der Waals surface area contributed by atoms with E-state index in [1.807, 2.05) is 23.3 Å². The molecule has 2 amide bonds. The van der Waals surface area contributed by atoms with Crippen LogP contribution in [-0.4, -0.2) is 47.9 Å². The molecular weight excluding hydrogens is 415 g/mol. The zero-order chi connectivity index (χ0) is 22.4. The summed E-state index contributed by atoms with van der Waals surface area (Å²) in [7, 11) is 0. The van der Waals surface area contributed by atoms with Crippen molar-refractivity contribution in [1.82, 2.24) is 9.80 Å². The molecule has 1 aromatic heterocycles. The molecule has 0 spiro atoms. The first-order valence-electron chi connectivity index (χ1n) is 10.9. The highest BCUT2D eigenvalue weighted by Gasteiger charge is 2.33. The van der Waals surface area contributed by atoms with Gasteiger partial charge in [-0.25, -0.2) is 4.39 Å². The third kappa shape index (κ3) is 5.85. The third-order valence-electron chi connectivity index (χ3n) is 5.85. The van der Waals surface area contributed by atoms with Gasteiger partial charge in [-0.1, -0.05) is 27.2 Å². The maximum absolute atomic E-state index is 13.3. The highest BCUT2D eigenvalue weighted by molar-refractivity contribution is 7.10. The normalized spacial score (nSPS) is 16.5. The Hall–Kier alpha value is -2.41. The molecule has 2 atom stereocenters. The number of carbonyl (C=O) groups excluding carboxylic acids is 2. The van der Waals surface area contributed by atoms with Crippen LogP contribution in [0.2, 0.25) is 0 Å². The van der Waals surface area contributed by atoms with Gasteiger partial charge in [0.1, 0.15) is 18.2 Å². The molecule has 0 fully saturated rings. The minimum absolute atomic E-state index is 0.000920. The molecule has 2 heterocycles. The van der Waals surface area contributed by atoms with Gasteiger partial charge in [0.25, 0.3) is 0 Å². The van der Waals surface area contributed by atoms with Crippen LogP contribution >= 0.6 is 11.3 Å². The topological polar surface area (TPSA) is 49.9 Å². The van der Waals surface area contributed by atoms with Crippen LogP contribution in [0.15, 0.2) is 35.7 Å². The summed E-state index contributed by atoms with van der Waals surface area (Å²) >= 11 is 1.69. The van der Waals surface area contributed by atoms with E-state index in [0.29, 0.717) is 31.2 Å². The summed E-state index contributed by atoms with van der Waals surface area (Å²) in [4.78, 5) is 30.6. The molecule has 1 aliphatic heterocycles. The number of hydrogen-bond donors (Lipinski definition) is 0.